The molecule has 0 spiro atoms. The number of amides is 2. The molecule has 0 radical (unpaired) electrons. The summed E-state index contributed by atoms with van der Waals surface area (Å²) in [6.07, 6.45) is 9.06. The van der Waals surface area contributed by atoms with Gasteiger partial charge >= 0.3 is 6.03 Å². The number of nitrogens with zero attached hydrogens (tertiary/aromatic N) is 7. The third-order valence-electron chi connectivity index (χ3n) is 6.35. The number of carbonyl (C=O) groups is 1. The van der Waals surface area contributed by atoms with Crippen molar-refractivity contribution in [2.75, 3.05) is 46.4 Å². The largest absolute Gasteiger partial charge is 0.494 e. The van der Waals surface area contributed by atoms with Crippen molar-refractivity contribution in [3.8, 4) is 22.9 Å². The Kier molecular flexibility index (Phi) is 5.41. The minimum absolute atomic E-state index is 0.155. The number of urea groups is 1. The number of rotatable bonds is 3. The third-order valence-corrected chi connectivity index (χ3v) is 6.35. The van der Waals surface area contributed by atoms with Gasteiger partial charge in [-0.15, -0.1) is 0 Å². The van der Waals surface area contributed by atoms with E-state index in [2.05, 4.69) is 21.6 Å². The highest BCUT2D eigenvalue weighted by Gasteiger charge is 2.28. The molecule has 0 aromatic carbocycles. The minimum Gasteiger partial charge on any atom is -0.494 e. The highest BCUT2D eigenvalue weighted by Crippen LogP contribution is 2.31. The van der Waals surface area contributed by atoms with E-state index in [1.807, 2.05) is 39.1 Å². The number of hydrogen-bond donors (Lipinski definition) is 1. The predicted molar refractivity (Wildman–Crippen MR) is 117 cm³/mol. The van der Waals surface area contributed by atoms with E-state index < -0.39 is 0 Å². The standard InChI is InChI=1S/C22H26N8O2/c1-32-20-10-16(14-30-21(20)17(11-23)12-26-30)18-13-25-29(15-18)19-2-6-27(7-3-19)22(31)28-8-4-24-5-9-28/h10,12-15,19,24H,2-9H2,1H3. The van der Waals surface area contributed by atoms with E-state index in [1.54, 1.807) is 17.8 Å². The number of ether oxygens (including phenoxy) is 1. The SMILES string of the molecule is COc1cc(-c2cnn(C3CCN(C(=O)N4CCNCC4)CC3)c2)cn2ncc(C#N)c12. The number of piperazine rings is 1. The van der Waals surface area contributed by atoms with Gasteiger partial charge in [-0.2, -0.15) is 15.5 Å². The smallest absolute Gasteiger partial charge is 0.320 e. The fourth-order valence-electron chi connectivity index (χ4n) is 4.54. The molecule has 3 aromatic rings. The van der Waals surface area contributed by atoms with Gasteiger partial charge in [0.05, 0.1) is 25.5 Å². The second-order valence-electron chi connectivity index (χ2n) is 8.21. The van der Waals surface area contributed by atoms with E-state index in [0.717, 1.165) is 63.2 Å². The summed E-state index contributed by atoms with van der Waals surface area (Å²) in [5.74, 6) is 0.601. The highest BCUT2D eigenvalue weighted by molar-refractivity contribution is 5.75. The van der Waals surface area contributed by atoms with Crippen LogP contribution >= 0.6 is 0 Å². The summed E-state index contributed by atoms with van der Waals surface area (Å²) in [6.45, 7) is 4.78. The molecule has 2 aliphatic heterocycles. The van der Waals surface area contributed by atoms with Crippen LogP contribution in [-0.2, 0) is 0 Å². The van der Waals surface area contributed by atoms with Crippen molar-refractivity contribution in [1.82, 2.24) is 34.5 Å². The van der Waals surface area contributed by atoms with Crippen LogP contribution in [0.25, 0.3) is 16.6 Å². The molecule has 10 heteroatoms. The predicted octanol–water partition coefficient (Wildman–Crippen LogP) is 1.74. The molecular formula is C22H26N8O2. The van der Waals surface area contributed by atoms with Gasteiger partial charge in [-0.25, -0.2) is 9.31 Å². The first-order valence-electron chi connectivity index (χ1n) is 10.9. The lowest BCUT2D eigenvalue weighted by Gasteiger charge is -2.37. The molecule has 2 fully saturated rings. The Morgan fingerprint density at radius 1 is 1.09 bits per heavy atom. The number of methoxy groups -OCH3 is 1. The maximum Gasteiger partial charge on any atom is 0.320 e. The summed E-state index contributed by atoms with van der Waals surface area (Å²) in [7, 11) is 1.59. The first kappa shape index (κ1) is 20.3. The van der Waals surface area contributed by atoms with Gasteiger partial charge in [-0.05, 0) is 18.9 Å². The van der Waals surface area contributed by atoms with Crippen LogP contribution in [-0.4, -0.2) is 81.6 Å². The second kappa shape index (κ2) is 8.51. The zero-order valence-electron chi connectivity index (χ0n) is 18.1. The normalized spacial score (nSPS) is 17.5. The molecule has 2 aliphatic rings. The van der Waals surface area contributed by atoms with Crippen LogP contribution in [0.5, 0.6) is 5.75 Å². The van der Waals surface area contributed by atoms with E-state index in [9.17, 15) is 10.1 Å². The molecule has 166 valence electrons. The molecular weight excluding hydrogens is 408 g/mol. The number of likely N-dealkylation sites (tertiary alicyclic amines) is 1. The summed E-state index contributed by atoms with van der Waals surface area (Å²) in [5, 5.41) is 21.5. The van der Waals surface area contributed by atoms with Crippen LogP contribution in [0, 0.1) is 11.3 Å². The Balaban J connectivity index is 1.29. The summed E-state index contributed by atoms with van der Waals surface area (Å²) >= 11 is 0. The van der Waals surface area contributed by atoms with Crippen molar-refractivity contribution < 1.29 is 9.53 Å². The van der Waals surface area contributed by atoms with Crippen LogP contribution in [0.4, 0.5) is 4.79 Å². The van der Waals surface area contributed by atoms with Crippen molar-refractivity contribution >= 4 is 11.5 Å². The number of carbonyl (C=O) groups excluding carboxylic acids is 1. The summed E-state index contributed by atoms with van der Waals surface area (Å²) < 4.78 is 9.19. The van der Waals surface area contributed by atoms with Crippen molar-refractivity contribution in [3.63, 3.8) is 0 Å². The molecule has 0 aliphatic carbocycles. The van der Waals surface area contributed by atoms with Crippen LogP contribution in [0.1, 0.15) is 24.4 Å². The van der Waals surface area contributed by atoms with Crippen LogP contribution < -0.4 is 10.1 Å². The van der Waals surface area contributed by atoms with E-state index >= 15 is 0 Å². The van der Waals surface area contributed by atoms with Crippen molar-refractivity contribution in [2.45, 2.75) is 18.9 Å². The van der Waals surface area contributed by atoms with Crippen molar-refractivity contribution in [3.05, 3.63) is 36.4 Å². The zero-order valence-corrected chi connectivity index (χ0v) is 18.1. The number of nitrogens with one attached hydrogen (secondary N) is 1. The molecule has 0 saturated carbocycles. The Bertz CT molecular complexity index is 1160. The number of hydrogen-bond acceptors (Lipinski definition) is 6. The zero-order chi connectivity index (χ0) is 22.1. The third kappa shape index (κ3) is 3.65. The lowest BCUT2D eigenvalue weighted by Crippen LogP contribution is -2.53. The van der Waals surface area contributed by atoms with E-state index in [-0.39, 0.29) is 12.1 Å². The van der Waals surface area contributed by atoms with Gasteiger partial charge in [0.25, 0.3) is 0 Å². The maximum atomic E-state index is 12.7. The summed E-state index contributed by atoms with van der Waals surface area (Å²) in [5.41, 5.74) is 3.01. The van der Waals surface area contributed by atoms with E-state index in [0.29, 0.717) is 16.8 Å². The van der Waals surface area contributed by atoms with Gasteiger partial charge in [-0.3, -0.25) is 4.68 Å². The molecule has 10 nitrogen and oxygen atoms in total. The number of pyridine rings is 1. The molecule has 0 unspecified atom stereocenters. The monoisotopic (exact) mass is 434 g/mol. The number of aromatic nitrogens is 4. The molecule has 32 heavy (non-hydrogen) atoms. The first-order valence-corrected chi connectivity index (χ1v) is 10.9. The Hall–Kier alpha value is -3.58. The van der Waals surface area contributed by atoms with E-state index in [4.69, 9.17) is 4.74 Å². The molecule has 5 rings (SSSR count). The summed E-state index contributed by atoms with van der Waals surface area (Å²) in [4.78, 5) is 16.6. The second-order valence-corrected chi connectivity index (χ2v) is 8.21. The number of fused-ring (bicyclic) bond motifs is 1. The highest BCUT2D eigenvalue weighted by atomic mass is 16.5. The van der Waals surface area contributed by atoms with Crippen LogP contribution in [0.2, 0.25) is 0 Å². The molecule has 2 saturated heterocycles. The quantitative estimate of drug-likeness (QED) is 0.674. The average molecular weight is 435 g/mol. The molecule has 3 aromatic heterocycles. The van der Waals surface area contributed by atoms with Crippen molar-refractivity contribution in [2.24, 2.45) is 0 Å². The molecule has 0 bridgehead atoms. The molecule has 0 atom stereocenters. The van der Waals surface area contributed by atoms with Gasteiger partial charge in [0.1, 0.15) is 22.9 Å². The number of nitriles is 1. The van der Waals surface area contributed by atoms with Crippen LogP contribution in [0.15, 0.2) is 30.9 Å². The minimum atomic E-state index is 0.155. The Morgan fingerprint density at radius 3 is 2.56 bits per heavy atom. The summed E-state index contributed by atoms with van der Waals surface area (Å²) in [6, 6.07) is 4.48. The van der Waals surface area contributed by atoms with Gasteiger partial charge < -0.3 is 19.9 Å². The topological polar surface area (TPSA) is 104 Å². The average Bonchev–Trinajstić information content (AvgIpc) is 3.51. The lowest BCUT2D eigenvalue weighted by molar-refractivity contribution is 0.127. The lowest BCUT2D eigenvalue weighted by atomic mass is 10.1. The molecule has 5 heterocycles. The Morgan fingerprint density at radius 2 is 1.84 bits per heavy atom. The van der Waals surface area contributed by atoms with Crippen molar-refractivity contribution in [1.29, 1.82) is 5.26 Å². The first-order chi connectivity index (χ1) is 15.7. The van der Waals surface area contributed by atoms with Gasteiger partial charge in [0.2, 0.25) is 0 Å². The maximum absolute atomic E-state index is 12.7. The van der Waals surface area contributed by atoms with Gasteiger partial charge in [0.15, 0.2) is 0 Å². The van der Waals surface area contributed by atoms with Gasteiger partial charge in [0, 0.05) is 62.8 Å². The molecule has 2 amide bonds. The fourth-order valence-corrected chi connectivity index (χ4v) is 4.54. The fraction of sp³-hybridized carbons (Fsp3) is 0.455. The molecule has 1 N–H and O–H groups in total. The van der Waals surface area contributed by atoms with Gasteiger partial charge in [-0.1, -0.05) is 0 Å². The Labute approximate surface area is 186 Å². The van der Waals surface area contributed by atoms with Crippen LogP contribution in [0.3, 0.4) is 0 Å². The van der Waals surface area contributed by atoms with E-state index in [1.165, 1.54) is 0 Å². The number of piperidine rings is 1.